The second kappa shape index (κ2) is 8.19. The summed E-state index contributed by atoms with van der Waals surface area (Å²) in [5.74, 6) is -0.218. The van der Waals surface area contributed by atoms with Crippen LogP contribution in [0.1, 0.15) is 5.56 Å². The third kappa shape index (κ3) is 5.46. The first-order valence-electron chi connectivity index (χ1n) is 5.38. The Kier molecular flexibility index (Phi) is 7.27. The molecule has 0 atom stereocenters. The van der Waals surface area contributed by atoms with Gasteiger partial charge in [-0.15, -0.1) is 0 Å². The Labute approximate surface area is 118 Å². The molecule has 0 amide bonds. The molecule has 0 spiro atoms. The Balaban J connectivity index is 2.64. The third-order valence-electron chi connectivity index (χ3n) is 2.42. The Hall–Kier alpha value is 0.0300. The molecule has 1 aromatic carbocycles. The lowest BCUT2D eigenvalue weighted by atomic mass is 10.2. The number of rotatable bonds is 7. The van der Waals surface area contributed by atoms with Gasteiger partial charge in [-0.1, -0.05) is 37.9 Å². The van der Waals surface area contributed by atoms with Gasteiger partial charge in [0.15, 0.2) is 0 Å². The quantitative estimate of drug-likeness (QED) is 0.683. The summed E-state index contributed by atoms with van der Waals surface area (Å²) in [4.78, 5) is 2.26. The van der Waals surface area contributed by atoms with E-state index in [0.717, 1.165) is 35.0 Å². The highest BCUT2D eigenvalue weighted by molar-refractivity contribution is 9.10. The number of nitrogens with zero attached hydrogens (tertiary/aromatic N) is 1. The van der Waals surface area contributed by atoms with Crippen LogP contribution in [0.3, 0.4) is 0 Å². The molecule has 0 radical (unpaired) electrons. The van der Waals surface area contributed by atoms with Crippen molar-refractivity contribution in [1.29, 1.82) is 0 Å². The van der Waals surface area contributed by atoms with Crippen molar-refractivity contribution in [2.45, 2.75) is 6.54 Å². The average Bonchev–Trinajstić information content (AvgIpc) is 2.29. The van der Waals surface area contributed by atoms with Crippen LogP contribution in [0, 0.1) is 5.82 Å². The minimum Gasteiger partial charge on any atom is -0.383 e. The van der Waals surface area contributed by atoms with Gasteiger partial charge < -0.3 is 4.74 Å². The molecule has 17 heavy (non-hydrogen) atoms. The minimum atomic E-state index is -0.218. The maximum atomic E-state index is 13.0. The van der Waals surface area contributed by atoms with Crippen LogP contribution in [0.4, 0.5) is 4.39 Å². The summed E-state index contributed by atoms with van der Waals surface area (Å²) in [6.45, 7) is 3.29. The van der Waals surface area contributed by atoms with E-state index in [4.69, 9.17) is 4.74 Å². The molecule has 0 unspecified atom stereocenters. The average molecular weight is 369 g/mol. The van der Waals surface area contributed by atoms with E-state index < -0.39 is 0 Å². The fourth-order valence-electron chi connectivity index (χ4n) is 1.50. The number of benzene rings is 1. The molecule has 96 valence electrons. The number of hydrogen-bond donors (Lipinski definition) is 0. The Morgan fingerprint density at radius 1 is 1.35 bits per heavy atom. The van der Waals surface area contributed by atoms with Gasteiger partial charge in [0, 0.05) is 36.5 Å². The van der Waals surface area contributed by atoms with Gasteiger partial charge in [-0.25, -0.2) is 4.39 Å². The van der Waals surface area contributed by atoms with Crippen molar-refractivity contribution in [2.75, 3.05) is 32.1 Å². The fourth-order valence-corrected chi connectivity index (χ4v) is 2.48. The highest BCUT2D eigenvalue weighted by atomic mass is 79.9. The standard InChI is InChI=1S/C12H16Br2FNO/c1-17-7-6-16(5-4-13)9-10-2-3-11(15)8-12(10)14/h2-3,8H,4-7,9H2,1H3. The second-order valence-corrected chi connectivity index (χ2v) is 5.34. The van der Waals surface area contributed by atoms with Crippen molar-refractivity contribution >= 4 is 31.9 Å². The third-order valence-corrected chi connectivity index (χ3v) is 3.51. The van der Waals surface area contributed by atoms with Gasteiger partial charge in [0.25, 0.3) is 0 Å². The van der Waals surface area contributed by atoms with Gasteiger partial charge in [0.2, 0.25) is 0 Å². The molecule has 5 heteroatoms. The molecule has 0 fully saturated rings. The SMILES string of the molecule is COCCN(CCBr)Cc1ccc(F)cc1Br. The molecule has 0 saturated carbocycles. The molecule has 1 rings (SSSR count). The molecule has 1 aromatic rings. The van der Waals surface area contributed by atoms with Crippen LogP contribution in [-0.2, 0) is 11.3 Å². The summed E-state index contributed by atoms with van der Waals surface area (Å²) in [6.07, 6.45) is 0. The zero-order chi connectivity index (χ0) is 12.7. The molecular formula is C12H16Br2FNO. The largest absolute Gasteiger partial charge is 0.383 e. The molecule has 0 saturated heterocycles. The first-order valence-corrected chi connectivity index (χ1v) is 7.30. The van der Waals surface area contributed by atoms with E-state index in [-0.39, 0.29) is 5.82 Å². The van der Waals surface area contributed by atoms with Crippen molar-refractivity contribution in [3.8, 4) is 0 Å². The molecule has 0 aliphatic rings. The highest BCUT2D eigenvalue weighted by Crippen LogP contribution is 2.19. The van der Waals surface area contributed by atoms with Crippen LogP contribution < -0.4 is 0 Å². The topological polar surface area (TPSA) is 12.5 Å². The van der Waals surface area contributed by atoms with Crippen molar-refractivity contribution < 1.29 is 9.13 Å². The van der Waals surface area contributed by atoms with Crippen LogP contribution in [0.15, 0.2) is 22.7 Å². The molecule has 0 aliphatic heterocycles. The van der Waals surface area contributed by atoms with Crippen LogP contribution in [0.5, 0.6) is 0 Å². The predicted molar refractivity (Wildman–Crippen MR) is 75.0 cm³/mol. The molecular weight excluding hydrogens is 353 g/mol. The van der Waals surface area contributed by atoms with Gasteiger partial charge >= 0.3 is 0 Å². The van der Waals surface area contributed by atoms with Crippen LogP contribution in [0.2, 0.25) is 0 Å². The van der Waals surface area contributed by atoms with E-state index >= 15 is 0 Å². The summed E-state index contributed by atoms with van der Waals surface area (Å²) >= 11 is 6.82. The molecule has 2 nitrogen and oxygen atoms in total. The lowest BCUT2D eigenvalue weighted by Gasteiger charge is -2.21. The molecule has 0 aromatic heterocycles. The van der Waals surface area contributed by atoms with Crippen molar-refractivity contribution in [3.05, 3.63) is 34.1 Å². The Bertz CT molecular complexity index is 349. The van der Waals surface area contributed by atoms with Gasteiger partial charge in [0.1, 0.15) is 5.82 Å². The van der Waals surface area contributed by atoms with E-state index in [1.165, 1.54) is 12.1 Å². The summed E-state index contributed by atoms with van der Waals surface area (Å²) in [6, 6.07) is 4.80. The minimum absolute atomic E-state index is 0.218. The van der Waals surface area contributed by atoms with Gasteiger partial charge in [-0.05, 0) is 17.7 Å². The smallest absolute Gasteiger partial charge is 0.124 e. The highest BCUT2D eigenvalue weighted by Gasteiger charge is 2.08. The number of methoxy groups -OCH3 is 1. The second-order valence-electron chi connectivity index (χ2n) is 3.69. The molecule has 0 N–H and O–H groups in total. The first kappa shape index (κ1) is 15.1. The first-order chi connectivity index (χ1) is 8.17. The summed E-state index contributed by atoms with van der Waals surface area (Å²) in [7, 11) is 1.69. The maximum Gasteiger partial charge on any atom is 0.124 e. The number of alkyl halides is 1. The van der Waals surface area contributed by atoms with Crippen LogP contribution in [-0.4, -0.2) is 37.0 Å². The van der Waals surface area contributed by atoms with E-state index in [1.54, 1.807) is 7.11 Å². The summed E-state index contributed by atoms with van der Waals surface area (Å²) in [5.41, 5.74) is 1.09. The van der Waals surface area contributed by atoms with Crippen LogP contribution >= 0.6 is 31.9 Å². The number of halogens is 3. The van der Waals surface area contributed by atoms with Crippen molar-refractivity contribution in [2.24, 2.45) is 0 Å². The maximum absolute atomic E-state index is 13.0. The number of ether oxygens (including phenoxy) is 1. The summed E-state index contributed by atoms with van der Waals surface area (Å²) < 4.78 is 18.9. The summed E-state index contributed by atoms with van der Waals surface area (Å²) in [5, 5.41) is 0.912. The zero-order valence-electron chi connectivity index (χ0n) is 9.76. The van der Waals surface area contributed by atoms with Gasteiger partial charge in [0.05, 0.1) is 6.61 Å². The fraction of sp³-hybridized carbons (Fsp3) is 0.500. The van der Waals surface area contributed by atoms with E-state index in [9.17, 15) is 4.39 Å². The normalized spacial score (nSPS) is 11.1. The van der Waals surface area contributed by atoms with Crippen LogP contribution in [0.25, 0.3) is 0 Å². The molecule has 0 heterocycles. The van der Waals surface area contributed by atoms with Gasteiger partial charge in [-0.2, -0.15) is 0 Å². The lowest BCUT2D eigenvalue weighted by molar-refractivity contribution is 0.148. The molecule has 0 aliphatic carbocycles. The molecule has 0 bridgehead atoms. The number of hydrogen-bond acceptors (Lipinski definition) is 2. The Morgan fingerprint density at radius 2 is 2.12 bits per heavy atom. The van der Waals surface area contributed by atoms with Crippen molar-refractivity contribution in [3.63, 3.8) is 0 Å². The van der Waals surface area contributed by atoms with Crippen molar-refractivity contribution in [1.82, 2.24) is 4.90 Å². The monoisotopic (exact) mass is 367 g/mol. The van der Waals surface area contributed by atoms with E-state index in [1.807, 2.05) is 6.07 Å². The van der Waals surface area contributed by atoms with E-state index in [0.29, 0.717) is 6.61 Å². The Morgan fingerprint density at radius 3 is 2.71 bits per heavy atom. The predicted octanol–water partition coefficient (Wildman–Crippen LogP) is 3.43. The van der Waals surface area contributed by atoms with E-state index in [2.05, 4.69) is 36.8 Å². The lowest BCUT2D eigenvalue weighted by Crippen LogP contribution is -2.29. The zero-order valence-corrected chi connectivity index (χ0v) is 12.9. The van der Waals surface area contributed by atoms with Gasteiger partial charge in [-0.3, -0.25) is 4.90 Å².